The van der Waals surface area contributed by atoms with Gasteiger partial charge >= 0.3 is 6.09 Å². The topological polar surface area (TPSA) is 93.0 Å². The van der Waals surface area contributed by atoms with E-state index in [1.165, 1.54) is 18.2 Å². The summed E-state index contributed by atoms with van der Waals surface area (Å²) in [4.78, 5) is 38.5. The van der Waals surface area contributed by atoms with E-state index in [0.29, 0.717) is 31.5 Å². The fourth-order valence-electron chi connectivity index (χ4n) is 2.88. The van der Waals surface area contributed by atoms with Crippen LogP contribution in [0, 0.1) is 10.1 Å². The zero-order valence-electron chi connectivity index (χ0n) is 16.1. The van der Waals surface area contributed by atoms with Gasteiger partial charge in [-0.3, -0.25) is 19.8 Å². The van der Waals surface area contributed by atoms with Gasteiger partial charge in [0.1, 0.15) is 5.60 Å². The Labute approximate surface area is 159 Å². The van der Waals surface area contributed by atoms with Crippen LogP contribution < -0.4 is 0 Å². The lowest BCUT2D eigenvalue weighted by Crippen LogP contribution is -2.50. The molecule has 0 N–H and O–H groups in total. The Kier molecular flexibility index (Phi) is 6.90. The quantitative estimate of drug-likeness (QED) is 0.430. The predicted octanol–water partition coefficient (Wildman–Crippen LogP) is 3.11. The molecule has 1 saturated heterocycles. The molecule has 0 bridgehead atoms. The third kappa shape index (κ3) is 6.63. The Morgan fingerprint density at radius 1 is 1.19 bits per heavy atom. The lowest BCUT2D eigenvalue weighted by atomic mass is 10.1. The molecular formula is C19H27N3O5. The van der Waals surface area contributed by atoms with Crippen molar-refractivity contribution in [3.63, 3.8) is 0 Å². The molecule has 0 saturated carbocycles. The van der Waals surface area contributed by atoms with Crippen LogP contribution in [0.2, 0.25) is 0 Å². The molecule has 0 spiro atoms. The number of rotatable bonds is 6. The molecule has 8 nitrogen and oxygen atoms in total. The minimum Gasteiger partial charge on any atom is -0.444 e. The van der Waals surface area contributed by atoms with Gasteiger partial charge in [-0.1, -0.05) is 12.1 Å². The van der Waals surface area contributed by atoms with Gasteiger partial charge in [0.2, 0.25) is 0 Å². The molecular weight excluding hydrogens is 350 g/mol. The number of carbonyl (C=O) groups excluding carboxylic acids is 2. The number of amides is 1. The Hall–Kier alpha value is -2.48. The third-order valence-electron chi connectivity index (χ3n) is 4.28. The van der Waals surface area contributed by atoms with Crippen molar-refractivity contribution in [2.45, 2.75) is 39.2 Å². The normalized spacial score (nSPS) is 15.4. The molecule has 0 radical (unpaired) electrons. The monoisotopic (exact) mass is 377 g/mol. The van der Waals surface area contributed by atoms with Gasteiger partial charge in [0.25, 0.3) is 5.69 Å². The Bertz CT molecular complexity index is 691. The highest BCUT2D eigenvalue weighted by molar-refractivity contribution is 5.96. The molecule has 27 heavy (non-hydrogen) atoms. The van der Waals surface area contributed by atoms with Crippen molar-refractivity contribution in [2.75, 3.05) is 32.7 Å². The second-order valence-electron chi connectivity index (χ2n) is 7.64. The zero-order valence-corrected chi connectivity index (χ0v) is 16.1. The Morgan fingerprint density at radius 2 is 1.85 bits per heavy atom. The molecule has 0 aliphatic carbocycles. The highest BCUT2D eigenvalue weighted by Gasteiger charge is 2.25. The summed E-state index contributed by atoms with van der Waals surface area (Å²) in [5, 5.41) is 10.8. The van der Waals surface area contributed by atoms with Crippen LogP contribution in [0.3, 0.4) is 0 Å². The van der Waals surface area contributed by atoms with Gasteiger partial charge in [-0.15, -0.1) is 0 Å². The summed E-state index contributed by atoms with van der Waals surface area (Å²) < 4.78 is 5.38. The fraction of sp³-hybridized carbons (Fsp3) is 0.579. The SMILES string of the molecule is CC(C)(C)OC(=O)N1CCN(CCCC(=O)c2cccc([N+](=O)[O-])c2)CC1. The summed E-state index contributed by atoms with van der Waals surface area (Å²) in [5.74, 6) is -0.0916. The van der Waals surface area contributed by atoms with Gasteiger partial charge in [0, 0.05) is 50.3 Å². The average Bonchev–Trinajstić information content (AvgIpc) is 2.60. The van der Waals surface area contributed by atoms with Crippen LogP contribution in [-0.2, 0) is 4.74 Å². The molecule has 0 aromatic heterocycles. The van der Waals surface area contributed by atoms with Crippen LogP contribution in [0.25, 0.3) is 0 Å². The van der Waals surface area contributed by atoms with Gasteiger partial charge in [0.05, 0.1) is 4.92 Å². The second-order valence-corrected chi connectivity index (χ2v) is 7.64. The van der Waals surface area contributed by atoms with E-state index >= 15 is 0 Å². The molecule has 1 fully saturated rings. The third-order valence-corrected chi connectivity index (χ3v) is 4.28. The Balaban J connectivity index is 1.73. The van der Waals surface area contributed by atoms with E-state index in [2.05, 4.69) is 4.90 Å². The molecule has 2 rings (SSSR count). The summed E-state index contributed by atoms with van der Waals surface area (Å²) in [6.45, 7) is 8.98. The molecule has 1 aromatic rings. The predicted molar refractivity (Wildman–Crippen MR) is 101 cm³/mol. The summed E-state index contributed by atoms with van der Waals surface area (Å²) in [6.07, 6.45) is 0.726. The maximum absolute atomic E-state index is 12.2. The standard InChI is InChI=1S/C19H27N3O5/c1-19(2,3)27-18(24)21-12-10-20(11-13-21)9-5-8-17(23)15-6-4-7-16(14-15)22(25)26/h4,6-7,14H,5,8-13H2,1-3H3. The van der Waals surface area contributed by atoms with Gasteiger partial charge in [-0.25, -0.2) is 4.79 Å². The van der Waals surface area contributed by atoms with E-state index in [1.807, 2.05) is 20.8 Å². The van der Waals surface area contributed by atoms with E-state index in [9.17, 15) is 19.7 Å². The summed E-state index contributed by atoms with van der Waals surface area (Å²) >= 11 is 0. The van der Waals surface area contributed by atoms with Crippen molar-refractivity contribution in [3.8, 4) is 0 Å². The number of ketones is 1. The number of Topliss-reactive ketones (excluding diaryl/α,β-unsaturated/α-hetero) is 1. The van der Waals surface area contributed by atoms with Crippen LogP contribution in [0.4, 0.5) is 10.5 Å². The number of nitro benzene ring substituents is 1. The first-order valence-corrected chi connectivity index (χ1v) is 9.13. The van der Waals surface area contributed by atoms with E-state index < -0.39 is 10.5 Å². The van der Waals surface area contributed by atoms with Crippen LogP contribution >= 0.6 is 0 Å². The Morgan fingerprint density at radius 3 is 2.44 bits per heavy atom. The van der Waals surface area contributed by atoms with Gasteiger partial charge < -0.3 is 9.64 Å². The lowest BCUT2D eigenvalue weighted by molar-refractivity contribution is -0.384. The summed E-state index contributed by atoms with van der Waals surface area (Å²) in [7, 11) is 0. The minimum absolute atomic E-state index is 0.0703. The number of carbonyl (C=O) groups is 2. The molecule has 1 aliphatic heterocycles. The molecule has 1 amide bonds. The highest BCUT2D eigenvalue weighted by Crippen LogP contribution is 2.16. The van der Waals surface area contributed by atoms with Crippen molar-refractivity contribution in [1.82, 2.24) is 9.80 Å². The van der Waals surface area contributed by atoms with E-state index in [-0.39, 0.29) is 17.6 Å². The minimum atomic E-state index is -0.499. The molecule has 0 unspecified atom stereocenters. The number of piperazine rings is 1. The average molecular weight is 377 g/mol. The largest absolute Gasteiger partial charge is 0.444 e. The number of ether oxygens (including phenoxy) is 1. The number of hydrogen-bond acceptors (Lipinski definition) is 6. The molecule has 8 heteroatoms. The fourth-order valence-corrected chi connectivity index (χ4v) is 2.88. The van der Waals surface area contributed by atoms with E-state index in [0.717, 1.165) is 19.6 Å². The van der Waals surface area contributed by atoms with Crippen molar-refractivity contribution in [3.05, 3.63) is 39.9 Å². The van der Waals surface area contributed by atoms with Crippen molar-refractivity contribution in [2.24, 2.45) is 0 Å². The number of nitro groups is 1. The number of hydrogen-bond donors (Lipinski definition) is 0. The summed E-state index contributed by atoms with van der Waals surface area (Å²) in [6, 6.07) is 5.83. The molecule has 0 atom stereocenters. The van der Waals surface area contributed by atoms with Gasteiger partial charge in [0.15, 0.2) is 5.78 Å². The van der Waals surface area contributed by atoms with Gasteiger partial charge in [-0.05, 0) is 33.7 Å². The van der Waals surface area contributed by atoms with Gasteiger partial charge in [-0.2, -0.15) is 0 Å². The van der Waals surface area contributed by atoms with Crippen LogP contribution in [0.1, 0.15) is 44.0 Å². The molecule has 148 valence electrons. The number of nitrogens with zero attached hydrogens (tertiary/aromatic N) is 3. The zero-order chi connectivity index (χ0) is 20.0. The first-order valence-electron chi connectivity index (χ1n) is 9.13. The number of benzene rings is 1. The van der Waals surface area contributed by atoms with Crippen LogP contribution in [0.15, 0.2) is 24.3 Å². The maximum atomic E-state index is 12.2. The lowest BCUT2D eigenvalue weighted by Gasteiger charge is -2.35. The first kappa shape index (κ1) is 20.8. The van der Waals surface area contributed by atoms with Crippen LogP contribution in [0.5, 0.6) is 0 Å². The van der Waals surface area contributed by atoms with E-state index in [4.69, 9.17) is 4.74 Å². The molecule has 1 heterocycles. The van der Waals surface area contributed by atoms with E-state index in [1.54, 1.807) is 11.0 Å². The maximum Gasteiger partial charge on any atom is 0.410 e. The first-order chi connectivity index (χ1) is 12.7. The second kappa shape index (κ2) is 8.94. The van der Waals surface area contributed by atoms with Crippen LogP contribution in [-0.4, -0.2) is 64.9 Å². The molecule has 1 aromatic carbocycles. The highest BCUT2D eigenvalue weighted by atomic mass is 16.6. The van der Waals surface area contributed by atoms with Crippen molar-refractivity contribution >= 4 is 17.6 Å². The van der Waals surface area contributed by atoms with Crippen molar-refractivity contribution < 1.29 is 19.2 Å². The summed E-state index contributed by atoms with van der Waals surface area (Å²) in [5.41, 5.74) is -0.195. The number of non-ortho nitro benzene ring substituents is 1. The van der Waals surface area contributed by atoms with Crippen molar-refractivity contribution in [1.29, 1.82) is 0 Å². The molecule has 1 aliphatic rings. The smallest absolute Gasteiger partial charge is 0.410 e.